The molecule has 0 saturated carbocycles. The highest BCUT2D eigenvalue weighted by Crippen LogP contribution is 2.29. The molecule has 0 aromatic heterocycles. The summed E-state index contributed by atoms with van der Waals surface area (Å²) in [5.41, 5.74) is 0.886. The summed E-state index contributed by atoms with van der Waals surface area (Å²) >= 11 is 7.60. The van der Waals surface area contributed by atoms with Crippen LogP contribution in [-0.4, -0.2) is 21.3 Å². The van der Waals surface area contributed by atoms with Crippen molar-refractivity contribution in [1.82, 2.24) is 4.72 Å². The van der Waals surface area contributed by atoms with Gasteiger partial charge in [-0.25, -0.2) is 13.1 Å². The fourth-order valence-electron chi connectivity index (χ4n) is 2.22. The van der Waals surface area contributed by atoms with Crippen LogP contribution >= 0.6 is 23.4 Å². The van der Waals surface area contributed by atoms with Gasteiger partial charge < -0.3 is 4.74 Å². The monoisotopic (exact) mass is 385 g/mol. The number of hydrogen-bond donors (Lipinski definition) is 1. The number of sulfonamides is 1. The second-order valence-corrected chi connectivity index (χ2v) is 8.14. The van der Waals surface area contributed by atoms with Crippen molar-refractivity contribution in [3.63, 3.8) is 0 Å². The fraction of sp³-hybridized carbons (Fsp3) is 0.294. The van der Waals surface area contributed by atoms with Crippen molar-refractivity contribution < 1.29 is 13.2 Å². The lowest BCUT2D eigenvalue weighted by Crippen LogP contribution is -2.27. The summed E-state index contributed by atoms with van der Waals surface area (Å²) in [6.45, 7) is 3.97. The minimum Gasteiger partial charge on any atom is -0.492 e. The minimum atomic E-state index is -3.76. The Morgan fingerprint density at radius 2 is 1.88 bits per heavy atom. The Morgan fingerprint density at radius 1 is 1.21 bits per heavy atom. The zero-order valence-corrected chi connectivity index (χ0v) is 16.1. The molecule has 24 heavy (non-hydrogen) atoms. The molecule has 0 spiro atoms. The quantitative estimate of drug-likeness (QED) is 0.713. The van der Waals surface area contributed by atoms with Crippen molar-refractivity contribution in [2.24, 2.45) is 0 Å². The van der Waals surface area contributed by atoms with Crippen molar-refractivity contribution in [3.8, 4) is 5.75 Å². The van der Waals surface area contributed by atoms with Gasteiger partial charge in [0.05, 0.1) is 6.61 Å². The third-order valence-electron chi connectivity index (χ3n) is 3.44. The van der Waals surface area contributed by atoms with Gasteiger partial charge in [0, 0.05) is 16.0 Å². The molecule has 0 heterocycles. The van der Waals surface area contributed by atoms with Crippen molar-refractivity contribution in [2.75, 3.05) is 12.9 Å². The standard InChI is InChI=1S/C17H20ClNO3S2/c1-4-22-16-10-7-14(18)11-17(16)24(20,21)19-12(2)13-5-8-15(23-3)9-6-13/h5-12,19H,4H2,1-3H3/t12-/m1/s1. The summed E-state index contributed by atoms with van der Waals surface area (Å²) in [6.07, 6.45) is 2.00. The molecular weight excluding hydrogens is 366 g/mol. The molecule has 0 aliphatic rings. The average Bonchev–Trinajstić information content (AvgIpc) is 2.56. The van der Waals surface area contributed by atoms with Gasteiger partial charge in [-0.05, 0) is 56.0 Å². The van der Waals surface area contributed by atoms with E-state index < -0.39 is 10.0 Å². The Morgan fingerprint density at radius 3 is 2.46 bits per heavy atom. The molecule has 0 fully saturated rings. The smallest absolute Gasteiger partial charge is 0.244 e. The Balaban J connectivity index is 2.28. The van der Waals surface area contributed by atoms with Crippen molar-refractivity contribution in [2.45, 2.75) is 29.7 Å². The van der Waals surface area contributed by atoms with Crippen LogP contribution < -0.4 is 9.46 Å². The molecule has 0 saturated heterocycles. The van der Waals surface area contributed by atoms with E-state index in [0.29, 0.717) is 17.4 Å². The SMILES string of the molecule is CCOc1ccc(Cl)cc1S(=O)(=O)N[C@H](C)c1ccc(SC)cc1. The lowest BCUT2D eigenvalue weighted by atomic mass is 10.1. The van der Waals surface area contributed by atoms with Gasteiger partial charge in [0.15, 0.2) is 0 Å². The number of hydrogen-bond acceptors (Lipinski definition) is 4. The molecule has 4 nitrogen and oxygen atoms in total. The fourth-order valence-corrected chi connectivity index (χ4v) is 4.27. The molecule has 0 aliphatic heterocycles. The van der Waals surface area contributed by atoms with E-state index in [1.54, 1.807) is 37.7 Å². The zero-order valence-electron chi connectivity index (χ0n) is 13.7. The highest BCUT2D eigenvalue weighted by molar-refractivity contribution is 7.98. The predicted octanol–water partition coefficient (Wildman–Crippen LogP) is 4.50. The van der Waals surface area contributed by atoms with Gasteiger partial charge in [-0.2, -0.15) is 0 Å². The molecule has 0 amide bonds. The van der Waals surface area contributed by atoms with Crippen LogP contribution in [-0.2, 0) is 10.0 Å². The van der Waals surface area contributed by atoms with E-state index >= 15 is 0 Å². The largest absolute Gasteiger partial charge is 0.492 e. The first-order chi connectivity index (χ1) is 11.4. The lowest BCUT2D eigenvalue weighted by Gasteiger charge is -2.17. The van der Waals surface area contributed by atoms with Gasteiger partial charge in [-0.1, -0.05) is 23.7 Å². The normalized spacial score (nSPS) is 12.8. The summed E-state index contributed by atoms with van der Waals surface area (Å²) in [7, 11) is -3.76. The molecule has 7 heteroatoms. The number of rotatable bonds is 7. The van der Waals surface area contributed by atoms with E-state index in [1.165, 1.54) is 6.07 Å². The van der Waals surface area contributed by atoms with E-state index in [2.05, 4.69) is 4.72 Å². The van der Waals surface area contributed by atoms with E-state index in [1.807, 2.05) is 30.5 Å². The molecule has 2 rings (SSSR count). The minimum absolute atomic E-state index is 0.0458. The summed E-state index contributed by atoms with van der Waals surface area (Å²) < 4.78 is 33.6. The van der Waals surface area contributed by atoms with E-state index in [9.17, 15) is 8.42 Å². The molecular formula is C17H20ClNO3S2. The van der Waals surface area contributed by atoms with Crippen LogP contribution in [0.2, 0.25) is 5.02 Å². The molecule has 0 aliphatic carbocycles. The number of ether oxygens (including phenoxy) is 1. The van der Waals surface area contributed by atoms with Crippen molar-refractivity contribution in [1.29, 1.82) is 0 Å². The summed E-state index contributed by atoms with van der Waals surface area (Å²) in [6, 6.07) is 12.0. The Hall–Kier alpha value is -1.21. The topological polar surface area (TPSA) is 55.4 Å². The maximum absolute atomic E-state index is 12.7. The van der Waals surface area contributed by atoms with Crippen LogP contribution in [0.5, 0.6) is 5.75 Å². The first kappa shape index (κ1) is 19.1. The van der Waals surface area contributed by atoms with Crippen LogP contribution in [0.4, 0.5) is 0 Å². The Kier molecular flexibility index (Phi) is 6.57. The third kappa shape index (κ3) is 4.66. The molecule has 0 unspecified atom stereocenters. The van der Waals surface area contributed by atoms with E-state index in [4.69, 9.17) is 16.3 Å². The molecule has 1 N–H and O–H groups in total. The first-order valence-corrected chi connectivity index (χ1v) is 10.5. The number of benzene rings is 2. The van der Waals surface area contributed by atoms with Crippen molar-refractivity contribution >= 4 is 33.4 Å². The number of halogens is 1. The summed E-state index contributed by atoms with van der Waals surface area (Å²) in [5, 5.41) is 0.343. The van der Waals surface area contributed by atoms with E-state index in [0.717, 1.165) is 10.5 Å². The maximum atomic E-state index is 12.7. The second-order valence-electron chi connectivity index (χ2n) is 5.14. The van der Waals surface area contributed by atoms with Crippen LogP contribution in [0.25, 0.3) is 0 Å². The summed E-state index contributed by atoms with van der Waals surface area (Å²) in [5.74, 6) is 0.291. The Labute approximate surface area is 152 Å². The average molecular weight is 386 g/mol. The molecule has 2 aromatic carbocycles. The van der Waals surface area contributed by atoms with Crippen LogP contribution in [0.15, 0.2) is 52.3 Å². The molecule has 1 atom stereocenters. The zero-order chi connectivity index (χ0) is 17.7. The summed E-state index contributed by atoms with van der Waals surface area (Å²) in [4.78, 5) is 1.17. The third-order valence-corrected chi connectivity index (χ3v) is 5.98. The molecule has 2 aromatic rings. The molecule has 130 valence electrons. The van der Waals surface area contributed by atoms with E-state index in [-0.39, 0.29) is 10.9 Å². The van der Waals surface area contributed by atoms with Crippen LogP contribution in [0, 0.1) is 0 Å². The second kappa shape index (κ2) is 8.25. The van der Waals surface area contributed by atoms with Gasteiger partial charge in [0.2, 0.25) is 10.0 Å². The Bertz CT molecular complexity index is 792. The predicted molar refractivity (Wildman–Crippen MR) is 99.6 cm³/mol. The van der Waals surface area contributed by atoms with Gasteiger partial charge in [-0.3, -0.25) is 0 Å². The highest BCUT2D eigenvalue weighted by atomic mass is 35.5. The van der Waals surface area contributed by atoms with Gasteiger partial charge >= 0.3 is 0 Å². The first-order valence-electron chi connectivity index (χ1n) is 7.46. The van der Waals surface area contributed by atoms with Gasteiger partial charge in [-0.15, -0.1) is 11.8 Å². The van der Waals surface area contributed by atoms with Crippen LogP contribution in [0.3, 0.4) is 0 Å². The van der Waals surface area contributed by atoms with Crippen LogP contribution in [0.1, 0.15) is 25.5 Å². The van der Waals surface area contributed by atoms with Crippen molar-refractivity contribution in [3.05, 3.63) is 53.1 Å². The highest BCUT2D eigenvalue weighted by Gasteiger charge is 2.23. The van der Waals surface area contributed by atoms with Gasteiger partial charge in [0.1, 0.15) is 10.6 Å². The maximum Gasteiger partial charge on any atom is 0.244 e. The van der Waals surface area contributed by atoms with Gasteiger partial charge in [0.25, 0.3) is 0 Å². The number of thioether (sulfide) groups is 1. The molecule has 0 bridgehead atoms. The molecule has 0 radical (unpaired) electrons. The lowest BCUT2D eigenvalue weighted by molar-refractivity contribution is 0.331. The number of nitrogens with one attached hydrogen (secondary N) is 1.